The topological polar surface area (TPSA) is 42.9 Å². The van der Waals surface area contributed by atoms with E-state index in [0.717, 1.165) is 0 Å². The van der Waals surface area contributed by atoms with Crippen LogP contribution in [0.3, 0.4) is 0 Å². The Hall–Kier alpha value is -1.67. The summed E-state index contributed by atoms with van der Waals surface area (Å²) < 4.78 is 13.8. The molecule has 6 heteroatoms. The lowest BCUT2D eigenvalue weighted by Crippen LogP contribution is -2.28. The quantitative estimate of drug-likeness (QED) is 0.681. The van der Waals surface area contributed by atoms with Gasteiger partial charge in [-0.3, -0.25) is 9.97 Å². The maximum absolute atomic E-state index is 13.8. The second kappa shape index (κ2) is 6.21. The van der Waals surface area contributed by atoms with Gasteiger partial charge in [0.25, 0.3) is 0 Å². The van der Waals surface area contributed by atoms with E-state index in [4.69, 9.17) is 23.2 Å². The average molecular weight is 349 g/mol. The van der Waals surface area contributed by atoms with Crippen molar-refractivity contribution in [2.24, 2.45) is 0 Å². The maximum Gasteiger partial charge on any atom is 0.205 e. The van der Waals surface area contributed by atoms with Crippen LogP contribution in [0.2, 0.25) is 10.0 Å². The van der Waals surface area contributed by atoms with E-state index in [2.05, 4.69) is 9.97 Å². The van der Waals surface area contributed by atoms with Gasteiger partial charge < -0.3 is 4.57 Å². The molecule has 0 N–H and O–H groups in total. The Labute approximate surface area is 138 Å². The number of benzene rings is 1. The van der Waals surface area contributed by atoms with E-state index in [1.807, 2.05) is 30.3 Å². The molecule has 3 nitrogen and oxygen atoms in total. The van der Waals surface area contributed by atoms with Gasteiger partial charge in [-0.2, -0.15) is 0 Å². The summed E-state index contributed by atoms with van der Waals surface area (Å²) in [7, 11) is -3.16. The van der Waals surface area contributed by atoms with Crippen molar-refractivity contribution in [3.8, 4) is 0 Å². The highest BCUT2D eigenvalue weighted by Gasteiger charge is 2.32. The summed E-state index contributed by atoms with van der Waals surface area (Å²) in [4.78, 5) is 8.52. The Morgan fingerprint density at radius 1 is 0.727 bits per heavy atom. The summed E-state index contributed by atoms with van der Waals surface area (Å²) in [5.41, 5.74) is 0.885. The van der Waals surface area contributed by atoms with Crippen LogP contribution in [0.25, 0.3) is 0 Å². The Bertz CT molecular complexity index is 772. The van der Waals surface area contributed by atoms with E-state index in [1.54, 1.807) is 24.3 Å². The summed E-state index contributed by atoms with van der Waals surface area (Å²) in [6, 6.07) is 15.9. The Kier molecular flexibility index (Phi) is 4.30. The van der Waals surface area contributed by atoms with Crippen LogP contribution in [0.4, 0.5) is 0 Å². The molecule has 0 atom stereocenters. The molecule has 0 unspecified atom stereocenters. The molecule has 0 fully saturated rings. The monoisotopic (exact) mass is 348 g/mol. The van der Waals surface area contributed by atoms with Gasteiger partial charge in [-0.15, -0.1) is 0 Å². The number of nitrogens with zero attached hydrogens (tertiary/aromatic N) is 2. The van der Waals surface area contributed by atoms with Crippen molar-refractivity contribution < 1.29 is 4.57 Å². The molecule has 3 rings (SSSR count). The second-order valence-corrected chi connectivity index (χ2v) is 8.14. The summed E-state index contributed by atoms with van der Waals surface area (Å²) in [6.07, 6.45) is 2.98. The second-order valence-electron chi connectivity index (χ2n) is 4.61. The highest BCUT2D eigenvalue weighted by molar-refractivity contribution is 7.84. The van der Waals surface area contributed by atoms with E-state index in [1.165, 1.54) is 12.4 Å². The molecule has 3 aromatic rings. The molecule has 0 aliphatic rings. The minimum absolute atomic E-state index is 0.443. The molecule has 1 aromatic carbocycles. The minimum atomic E-state index is -3.16. The molecule has 0 radical (unpaired) electrons. The number of halogens is 2. The van der Waals surface area contributed by atoms with Crippen LogP contribution in [0.1, 0.15) is 0 Å². The first-order valence-electron chi connectivity index (χ1n) is 6.50. The number of pyridine rings is 2. The molecular formula is C16H11Cl2N2OP. The molecule has 0 amide bonds. The molecule has 0 bridgehead atoms. The van der Waals surface area contributed by atoms with Gasteiger partial charge in [0.2, 0.25) is 7.14 Å². The van der Waals surface area contributed by atoms with Gasteiger partial charge >= 0.3 is 0 Å². The molecule has 22 heavy (non-hydrogen) atoms. The van der Waals surface area contributed by atoms with Gasteiger partial charge in [0.05, 0.1) is 10.0 Å². The average Bonchev–Trinajstić information content (AvgIpc) is 2.56. The van der Waals surface area contributed by atoms with E-state index in [0.29, 0.717) is 26.2 Å². The maximum atomic E-state index is 13.8. The zero-order valence-electron chi connectivity index (χ0n) is 11.4. The van der Waals surface area contributed by atoms with E-state index < -0.39 is 7.14 Å². The molecule has 0 saturated heterocycles. The van der Waals surface area contributed by atoms with Gasteiger partial charge in [-0.25, -0.2) is 0 Å². The van der Waals surface area contributed by atoms with Gasteiger partial charge in [-0.1, -0.05) is 53.5 Å². The predicted molar refractivity (Wildman–Crippen MR) is 91.4 cm³/mol. The molecule has 2 aromatic heterocycles. The number of aromatic nitrogens is 2. The fourth-order valence-electron chi connectivity index (χ4n) is 2.13. The largest absolute Gasteiger partial charge is 0.305 e. The predicted octanol–water partition coefficient (Wildman–Crippen LogP) is 3.42. The van der Waals surface area contributed by atoms with E-state index >= 15 is 0 Å². The van der Waals surface area contributed by atoms with Crippen LogP contribution in [-0.2, 0) is 4.57 Å². The third-order valence-electron chi connectivity index (χ3n) is 3.19. The fourth-order valence-corrected chi connectivity index (χ4v) is 4.72. The van der Waals surface area contributed by atoms with Crippen molar-refractivity contribution in [1.29, 1.82) is 0 Å². The molecule has 0 spiro atoms. The Morgan fingerprint density at radius 3 is 1.64 bits per heavy atom. The van der Waals surface area contributed by atoms with Crippen molar-refractivity contribution in [3.63, 3.8) is 0 Å². The van der Waals surface area contributed by atoms with Crippen molar-refractivity contribution in [1.82, 2.24) is 9.97 Å². The van der Waals surface area contributed by atoms with Crippen LogP contribution in [-0.4, -0.2) is 9.97 Å². The first kappa shape index (κ1) is 15.2. The summed E-state index contributed by atoms with van der Waals surface area (Å²) >= 11 is 11.8. The summed E-state index contributed by atoms with van der Waals surface area (Å²) in [5, 5.41) is 1.65. The number of rotatable bonds is 3. The lowest BCUT2D eigenvalue weighted by Gasteiger charge is -2.17. The standard InChI is InChI=1S/C16H11Cl2N2OP/c17-12-6-8-15(19-10-12)22(21,14-4-2-1-3-5-14)16-9-7-13(18)11-20-16/h1-11H. The van der Waals surface area contributed by atoms with Gasteiger partial charge in [-0.05, 0) is 24.3 Å². The SMILES string of the molecule is O=P(c1ccccc1)(c1ccc(Cl)cn1)c1ccc(Cl)cn1. The van der Waals surface area contributed by atoms with E-state index in [-0.39, 0.29) is 0 Å². The normalized spacial score (nSPS) is 11.4. The minimum Gasteiger partial charge on any atom is -0.305 e. The van der Waals surface area contributed by atoms with Crippen LogP contribution in [0, 0.1) is 0 Å². The molecular weight excluding hydrogens is 338 g/mol. The van der Waals surface area contributed by atoms with Crippen LogP contribution in [0.5, 0.6) is 0 Å². The summed E-state index contributed by atoms with van der Waals surface area (Å²) in [6.45, 7) is 0. The lowest BCUT2D eigenvalue weighted by molar-refractivity contribution is 0.591. The summed E-state index contributed by atoms with van der Waals surface area (Å²) in [5.74, 6) is 0. The highest BCUT2D eigenvalue weighted by atomic mass is 35.5. The van der Waals surface area contributed by atoms with E-state index in [9.17, 15) is 4.57 Å². The number of hydrogen-bond acceptors (Lipinski definition) is 3. The van der Waals surface area contributed by atoms with Crippen molar-refractivity contribution in [2.75, 3.05) is 0 Å². The first-order chi connectivity index (χ1) is 10.6. The zero-order valence-corrected chi connectivity index (χ0v) is 13.8. The third-order valence-corrected chi connectivity index (χ3v) is 6.48. The first-order valence-corrected chi connectivity index (χ1v) is 8.97. The number of hydrogen-bond donors (Lipinski definition) is 0. The fraction of sp³-hybridized carbons (Fsp3) is 0. The van der Waals surface area contributed by atoms with Gasteiger partial charge in [0.15, 0.2) is 0 Å². The molecule has 110 valence electrons. The van der Waals surface area contributed by atoms with Crippen molar-refractivity contribution >= 4 is 46.5 Å². The lowest BCUT2D eigenvalue weighted by atomic mass is 10.4. The van der Waals surface area contributed by atoms with Crippen molar-refractivity contribution in [3.05, 3.63) is 77.0 Å². The van der Waals surface area contributed by atoms with Gasteiger partial charge in [0.1, 0.15) is 10.9 Å². The molecule has 0 saturated carbocycles. The molecule has 0 aliphatic heterocycles. The van der Waals surface area contributed by atoms with Gasteiger partial charge in [0, 0.05) is 17.7 Å². The smallest absolute Gasteiger partial charge is 0.205 e. The van der Waals surface area contributed by atoms with Crippen LogP contribution >= 0.6 is 30.3 Å². The van der Waals surface area contributed by atoms with Crippen LogP contribution in [0.15, 0.2) is 67.0 Å². The molecule has 0 aliphatic carbocycles. The third kappa shape index (κ3) is 2.80. The van der Waals surface area contributed by atoms with Crippen LogP contribution < -0.4 is 16.2 Å². The Balaban J connectivity index is 2.25. The zero-order chi connectivity index (χ0) is 15.6. The highest BCUT2D eigenvalue weighted by Crippen LogP contribution is 2.40. The Morgan fingerprint density at radius 2 is 1.23 bits per heavy atom. The van der Waals surface area contributed by atoms with Crippen molar-refractivity contribution in [2.45, 2.75) is 0 Å². The molecule has 2 heterocycles.